The Bertz CT molecular complexity index is 1270. The number of ether oxygens (including phenoxy) is 1. The van der Waals surface area contributed by atoms with Crippen LogP contribution in [0, 0.1) is 12.7 Å². The molecule has 33 heavy (non-hydrogen) atoms. The van der Waals surface area contributed by atoms with Crippen LogP contribution in [0.2, 0.25) is 0 Å². The van der Waals surface area contributed by atoms with E-state index in [2.05, 4.69) is 30.9 Å². The fourth-order valence-electron chi connectivity index (χ4n) is 3.06. The molecule has 8 nitrogen and oxygen atoms in total. The summed E-state index contributed by atoms with van der Waals surface area (Å²) in [5.74, 6) is 1.55. The SMILES string of the molecule is COc1ccc(C(=O)Nc2ccc(Nc3cc(Nc4ccccn4)nc(C)n3)cc2)cc1F. The van der Waals surface area contributed by atoms with E-state index < -0.39 is 11.7 Å². The topological polar surface area (TPSA) is 101 Å². The normalized spacial score (nSPS) is 10.4. The Balaban J connectivity index is 1.42. The number of hydrogen-bond acceptors (Lipinski definition) is 7. The number of aromatic nitrogens is 3. The number of benzene rings is 2. The van der Waals surface area contributed by atoms with Crippen LogP contribution in [0.25, 0.3) is 0 Å². The van der Waals surface area contributed by atoms with Crippen molar-refractivity contribution < 1.29 is 13.9 Å². The molecule has 4 rings (SSSR count). The zero-order valence-corrected chi connectivity index (χ0v) is 18.0. The zero-order valence-electron chi connectivity index (χ0n) is 18.0. The summed E-state index contributed by atoms with van der Waals surface area (Å²) in [5.41, 5.74) is 1.53. The average molecular weight is 444 g/mol. The molecule has 0 unspecified atom stereocenters. The predicted octanol–water partition coefficient (Wildman–Crippen LogP) is 5.07. The van der Waals surface area contributed by atoms with Gasteiger partial charge in [0.25, 0.3) is 5.91 Å². The van der Waals surface area contributed by atoms with Gasteiger partial charge in [0, 0.05) is 29.2 Å². The maximum absolute atomic E-state index is 13.9. The number of aryl methyl sites for hydroxylation is 1. The number of nitrogens with zero attached hydrogens (tertiary/aromatic N) is 3. The van der Waals surface area contributed by atoms with Crippen molar-refractivity contribution in [1.82, 2.24) is 15.0 Å². The molecule has 0 radical (unpaired) electrons. The number of halogens is 1. The number of carbonyl (C=O) groups excluding carboxylic acids is 1. The molecule has 2 aromatic carbocycles. The maximum Gasteiger partial charge on any atom is 0.255 e. The molecular weight excluding hydrogens is 423 g/mol. The van der Waals surface area contributed by atoms with E-state index in [9.17, 15) is 9.18 Å². The van der Waals surface area contributed by atoms with E-state index in [4.69, 9.17) is 4.74 Å². The zero-order chi connectivity index (χ0) is 23.2. The van der Waals surface area contributed by atoms with Gasteiger partial charge >= 0.3 is 0 Å². The number of anilines is 5. The number of pyridine rings is 1. The first kappa shape index (κ1) is 21.7. The largest absolute Gasteiger partial charge is 0.494 e. The summed E-state index contributed by atoms with van der Waals surface area (Å²) >= 11 is 0. The Morgan fingerprint density at radius 3 is 2.27 bits per heavy atom. The van der Waals surface area contributed by atoms with Gasteiger partial charge in [-0.2, -0.15) is 0 Å². The smallest absolute Gasteiger partial charge is 0.255 e. The predicted molar refractivity (Wildman–Crippen MR) is 125 cm³/mol. The van der Waals surface area contributed by atoms with Crippen molar-refractivity contribution in [1.29, 1.82) is 0 Å². The molecule has 0 atom stereocenters. The Labute approximate surface area is 189 Å². The first-order chi connectivity index (χ1) is 16.0. The molecule has 4 aromatic rings. The van der Waals surface area contributed by atoms with Crippen molar-refractivity contribution in [2.45, 2.75) is 6.92 Å². The Hall–Kier alpha value is -4.53. The number of amides is 1. The van der Waals surface area contributed by atoms with Gasteiger partial charge in [-0.25, -0.2) is 19.3 Å². The van der Waals surface area contributed by atoms with E-state index in [0.717, 1.165) is 11.8 Å². The monoisotopic (exact) mass is 444 g/mol. The molecule has 0 saturated heterocycles. The molecule has 0 aliphatic rings. The van der Waals surface area contributed by atoms with E-state index in [-0.39, 0.29) is 11.3 Å². The summed E-state index contributed by atoms with van der Waals surface area (Å²) in [7, 11) is 1.37. The van der Waals surface area contributed by atoms with Crippen LogP contribution >= 0.6 is 0 Å². The Morgan fingerprint density at radius 1 is 0.879 bits per heavy atom. The standard InChI is InChI=1S/C24H21FN6O2/c1-15-27-22(14-23(28-15)31-21-5-3-4-12-26-21)29-17-7-9-18(10-8-17)30-24(32)16-6-11-20(33-2)19(25)13-16/h3-14H,1-2H3,(H,30,32)(H2,26,27,28,29,31). The van der Waals surface area contributed by atoms with Crippen LogP contribution in [0.5, 0.6) is 5.75 Å². The molecule has 166 valence electrons. The third-order valence-electron chi connectivity index (χ3n) is 4.59. The highest BCUT2D eigenvalue weighted by molar-refractivity contribution is 6.04. The van der Waals surface area contributed by atoms with Crippen molar-refractivity contribution in [3.63, 3.8) is 0 Å². The molecule has 0 fully saturated rings. The average Bonchev–Trinajstić information content (AvgIpc) is 2.80. The number of methoxy groups -OCH3 is 1. The molecule has 2 heterocycles. The molecule has 0 bridgehead atoms. The van der Waals surface area contributed by atoms with Crippen molar-refractivity contribution in [3.8, 4) is 5.75 Å². The van der Waals surface area contributed by atoms with Gasteiger partial charge in [0.2, 0.25) is 0 Å². The molecule has 9 heteroatoms. The van der Waals surface area contributed by atoms with Crippen LogP contribution in [0.15, 0.2) is 72.9 Å². The van der Waals surface area contributed by atoms with Gasteiger partial charge in [0.1, 0.15) is 23.3 Å². The van der Waals surface area contributed by atoms with Gasteiger partial charge < -0.3 is 20.7 Å². The van der Waals surface area contributed by atoms with Gasteiger partial charge in [-0.3, -0.25) is 4.79 Å². The van der Waals surface area contributed by atoms with Crippen molar-refractivity contribution >= 4 is 34.7 Å². The summed E-state index contributed by atoms with van der Waals surface area (Å²) in [6.07, 6.45) is 1.70. The van der Waals surface area contributed by atoms with Crippen molar-refractivity contribution in [3.05, 3.63) is 90.1 Å². The lowest BCUT2D eigenvalue weighted by atomic mass is 10.2. The van der Waals surface area contributed by atoms with E-state index in [1.54, 1.807) is 43.5 Å². The third kappa shape index (κ3) is 5.59. The van der Waals surface area contributed by atoms with E-state index in [1.807, 2.05) is 18.2 Å². The quantitative estimate of drug-likeness (QED) is 0.366. The first-order valence-corrected chi connectivity index (χ1v) is 10.1. The molecule has 2 aromatic heterocycles. The van der Waals surface area contributed by atoms with Crippen LogP contribution < -0.4 is 20.7 Å². The van der Waals surface area contributed by atoms with Crippen LogP contribution in [0.1, 0.15) is 16.2 Å². The molecule has 0 spiro atoms. The third-order valence-corrected chi connectivity index (χ3v) is 4.59. The second kappa shape index (κ2) is 9.73. The van der Waals surface area contributed by atoms with Crippen molar-refractivity contribution in [2.24, 2.45) is 0 Å². The Morgan fingerprint density at radius 2 is 1.61 bits per heavy atom. The summed E-state index contributed by atoms with van der Waals surface area (Å²) < 4.78 is 18.7. The van der Waals surface area contributed by atoms with Crippen LogP contribution in [-0.4, -0.2) is 28.0 Å². The fraction of sp³-hybridized carbons (Fsp3) is 0.0833. The minimum atomic E-state index is -0.596. The minimum absolute atomic E-state index is 0.0836. The number of nitrogens with one attached hydrogen (secondary N) is 3. The number of rotatable bonds is 7. The first-order valence-electron chi connectivity index (χ1n) is 10.1. The van der Waals surface area contributed by atoms with E-state index in [1.165, 1.54) is 19.2 Å². The second-order valence-electron chi connectivity index (χ2n) is 7.03. The van der Waals surface area contributed by atoms with Crippen LogP contribution in [-0.2, 0) is 0 Å². The molecule has 0 aliphatic heterocycles. The number of carbonyl (C=O) groups is 1. The van der Waals surface area contributed by atoms with Gasteiger partial charge in [0.05, 0.1) is 7.11 Å². The molecule has 0 aliphatic carbocycles. The van der Waals surface area contributed by atoms with Gasteiger partial charge in [-0.05, 0) is 61.5 Å². The summed E-state index contributed by atoms with van der Waals surface area (Å²) in [6, 6.07) is 18.5. The van der Waals surface area contributed by atoms with Crippen LogP contribution in [0.3, 0.4) is 0 Å². The highest BCUT2D eigenvalue weighted by Gasteiger charge is 2.11. The minimum Gasteiger partial charge on any atom is -0.494 e. The van der Waals surface area contributed by atoms with Gasteiger partial charge in [-0.1, -0.05) is 6.07 Å². The Kier molecular flexibility index (Phi) is 6.40. The van der Waals surface area contributed by atoms with Gasteiger partial charge in [0.15, 0.2) is 11.6 Å². The number of hydrogen-bond donors (Lipinski definition) is 3. The van der Waals surface area contributed by atoms with Crippen LogP contribution in [0.4, 0.5) is 33.2 Å². The lowest BCUT2D eigenvalue weighted by Crippen LogP contribution is -2.12. The van der Waals surface area contributed by atoms with Gasteiger partial charge in [-0.15, -0.1) is 0 Å². The molecule has 0 saturated carbocycles. The molecule has 3 N–H and O–H groups in total. The van der Waals surface area contributed by atoms with E-state index >= 15 is 0 Å². The second-order valence-corrected chi connectivity index (χ2v) is 7.03. The maximum atomic E-state index is 13.9. The summed E-state index contributed by atoms with van der Waals surface area (Å²) in [4.78, 5) is 25.4. The lowest BCUT2D eigenvalue weighted by Gasteiger charge is -2.11. The lowest BCUT2D eigenvalue weighted by molar-refractivity contribution is 0.102. The molecule has 1 amide bonds. The van der Waals surface area contributed by atoms with E-state index in [0.29, 0.717) is 29.0 Å². The summed E-state index contributed by atoms with van der Waals surface area (Å²) in [5, 5.41) is 9.10. The highest BCUT2D eigenvalue weighted by Crippen LogP contribution is 2.22. The highest BCUT2D eigenvalue weighted by atomic mass is 19.1. The summed E-state index contributed by atoms with van der Waals surface area (Å²) in [6.45, 7) is 1.80. The van der Waals surface area contributed by atoms with Crippen molar-refractivity contribution in [2.75, 3.05) is 23.1 Å². The fourth-order valence-corrected chi connectivity index (χ4v) is 3.06. The molecular formula is C24H21FN6O2.